The molecule has 3 N–H and O–H groups in total. The van der Waals surface area contributed by atoms with E-state index in [0.717, 1.165) is 38.0 Å². The van der Waals surface area contributed by atoms with E-state index < -0.39 is 0 Å². The van der Waals surface area contributed by atoms with Crippen LogP contribution in [0.15, 0.2) is 16.2 Å². The molecule has 0 aliphatic carbocycles. The largest absolute Gasteiger partial charge is 0.369 e. The third-order valence-electron chi connectivity index (χ3n) is 4.79. The van der Waals surface area contributed by atoms with Crippen molar-refractivity contribution in [3.63, 3.8) is 0 Å². The first-order valence-corrected chi connectivity index (χ1v) is 9.15. The smallest absolute Gasteiger partial charge is 0.106 e. The lowest BCUT2D eigenvalue weighted by molar-refractivity contribution is -0.0893. The van der Waals surface area contributed by atoms with Gasteiger partial charge in [-0.05, 0) is 37.8 Å². The van der Waals surface area contributed by atoms with Crippen molar-refractivity contribution in [2.45, 2.75) is 57.2 Å². The second-order valence-corrected chi connectivity index (χ2v) is 7.62. The molecule has 126 valence electrons. The van der Waals surface area contributed by atoms with Crippen LogP contribution < -0.4 is 11.2 Å². The van der Waals surface area contributed by atoms with E-state index in [2.05, 4.69) is 35.3 Å². The van der Waals surface area contributed by atoms with Gasteiger partial charge in [-0.2, -0.15) is 5.10 Å². The number of ether oxygens (including phenoxy) is 1. The first-order chi connectivity index (χ1) is 11.1. The van der Waals surface area contributed by atoms with E-state index in [1.54, 1.807) is 13.3 Å². The van der Waals surface area contributed by atoms with Crippen LogP contribution in [0.1, 0.15) is 42.0 Å². The summed E-state index contributed by atoms with van der Waals surface area (Å²) in [5.41, 5.74) is 2.06. The molecule has 5 nitrogen and oxygen atoms in total. The number of nitrogens with zero attached hydrogens (tertiary/aromatic N) is 2. The molecule has 1 aromatic rings. The fourth-order valence-electron chi connectivity index (χ4n) is 3.86. The number of aryl methyl sites for hydroxylation is 1. The highest BCUT2D eigenvalue weighted by atomic mass is 32.1. The predicted octanol–water partition coefficient (Wildman–Crippen LogP) is 2.23. The highest BCUT2D eigenvalue weighted by Crippen LogP contribution is 2.46. The third kappa shape index (κ3) is 3.07. The molecule has 0 amide bonds. The summed E-state index contributed by atoms with van der Waals surface area (Å²) in [6, 6.07) is 2.79. The van der Waals surface area contributed by atoms with Crippen molar-refractivity contribution in [2.75, 3.05) is 13.7 Å². The number of hydrogen-bond acceptors (Lipinski definition) is 6. The van der Waals surface area contributed by atoms with Gasteiger partial charge in [0.05, 0.1) is 18.4 Å². The summed E-state index contributed by atoms with van der Waals surface area (Å²) in [7, 11) is 1.75. The molecule has 6 heteroatoms. The third-order valence-corrected chi connectivity index (χ3v) is 6.30. The number of hydrogen-bond donors (Lipinski definition) is 2. The van der Waals surface area contributed by atoms with Gasteiger partial charge in [-0.1, -0.05) is 6.92 Å². The lowest BCUT2D eigenvalue weighted by Crippen LogP contribution is -2.56. The molecule has 2 aliphatic heterocycles. The molecule has 0 aromatic carbocycles. The average Bonchev–Trinajstić information content (AvgIpc) is 2.97. The minimum atomic E-state index is -0.210. The number of aliphatic imine (C=N–C) groups is 1. The molecule has 2 aliphatic rings. The molecule has 1 saturated heterocycles. The lowest BCUT2D eigenvalue weighted by atomic mass is 9.78. The quantitative estimate of drug-likeness (QED) is 0.506. The highest BCUT2D eigenvalue weighted by Gasteiger charge is 2.46. The average molecular weight is 334 g/mol. The molecule has 1 fully saturated rings. The fraction of sp³-hybridized carbons (Fsp3) is 0.647. The molecule has 3 rings (SSSR count). The Balaban J connectivity index is 1.97. The molecule has 1 spiro atoms. The second kappa shape index (κ2) is 6.71. The summed E-state index contributed by atoms with van der Waals surface area (Å²) in [6.45, 7) is 5.22. The van der Waals surface area contributed by atoms with Crippen molar-refractivity contribution in [3.8, 4) is 0 Å². The number of fused-ring (bicyclic) bond motifs is 2. The van der Waals surface area contributed by atoms with Crippen molar-refractivity contribution < 1.29 is 4.74 Å². The summed E-state index contributed by atoms with van der Waals surface area (Å²) < 4.78 is 6.39. The van der Waals surface area contributed by atoms with Crippen LogP contribution in [0.4, 0.5) is 0 Å². The predicted molar refractivity (Wildman–Crippen MR) is 96.7 cm³/mol. The van der Waals surface area contributed by atoms with Gasteiger partial charge >= 0.3 is 0 Å². The molecule has 0 unspecified atom stereocenters. The van der Waals surface area contributed by atoms with E-state index in [-0.39, 0.29) is 11.6 Å². The Kier molecular flexibility index (Phi) is 4.85. The first kappa shape index (κ1) is 16.6. The van der Waals surface area contributed by atoms with Gasteiger partial charge in [-0.15, -0.1) is 11.3 Å². The maximum Gasteiger partial charge on any atom is 0.106 e. The van der Waals surface area contributed by atoms with Crippen LogP contribution in [-0.4, -0.2) is 37.7 Å². The van der Waals surface area contributed by atoms with Crippen molar-refractivity contribution in [2.24, 2.45) is 15.9 Å². The van der Waals surface area contributed by atoms with Crippen LogP contribution >= 0.6 is 11.3 Å². The van der Waals surface area contributed by atoms with Crippen LogP contribution in [0.3, 0.4) is 0 Å². The Hall–Kier alpha value is -1.24. The van der Waals surface area contributed by atoms with E-state index in [0.29, 0.717) is 6.04 Å². The van der Waals surface area contributed by atoms with E-state index in [4.69, 9.17) is 10.6 Å². The van der Waals surface area contributed by atoms with Gasteiger partial charge in [0.25, 0.3) is 0 Å². The first-order valence-electron chi connectivity index (χ1n) is 8.34. The summed E-state index contributed by atoms with van der Waals surface area (Å²) >= 11 is 1.92. The number of thiophene rings is 1. The molecule has 23 heavy (non-hydrogen) atoms. The highest BCUT2D eigenvalue weighted by molar-refractivity contribution is 7.12. The standard InChI is InChI=1S/C17H26N4OS/c1-4-13-7-12-5-6-22-17(16(12)23-13)8-11(2)20-14(9-17)15(21-18)10-19-3/h7,10-11,14,20H,4-6,8-9,18H2,1-3H3/t11-,14-,17-/m0/s1. The van der Waals surface area contributed by atoms with Crippen molar-refractivity contribution in [1.29, 1.82) is 0 Å². The molecule has 3 heterocycles. The molecular formula is C17H26N4OS. The Morgan fingerprint density at radius 1 is 1.57 bits per heavy atom. The van der Waals surface area contributed by atoms with E-state index in [9.17, 15) is 0 Å². The zero-order valence-electron chi connectivity index (χ0n) is 14.1. The van der Waals surface area contributed by atoms with Crippen molar-refractivity contribution in [1.82, 2.24) is 5.32 Å². The molecule has 0 radical (unpaired) electrons. The van der Waals surface area contributed by atoms with Gasteiger partial charge in [-0.3, -0.25) is 4.99 Å². The molecule has 3 atom stereocenters. The Morgan fingerprint density at radius 3 is 3.09 bits per heavy atom. The molecule has 0 bridgehead atoms. The number of hydrazone groups is 1. The van der Waals surface area contributed by atoms with Crippen molar-refractivity contribution in [3.05, 3.63) is 21.4 Å². The number of piperidine rings is 1. The molecule has 0 saturated carbocycles. The van der Waals surface area contributed by atoms with Crippen LogP contribution in [0, 0.1) is 0 Å². The van der Waals surface area contributed by atoms with E-state index in [1.807, 2.05) is 11.3 Å². The molecular weight excluding hydrogens is 308 g/mol. The fourth-order valence-corrected chi connectivity index (χ4v) is 5.17. The van der Waals surface area contributed by atoms with Gasteiger partial charge in [0.2, 0.25) is 0 Å². The van der Waals surface area contributed by atoms with Gasteiger partial charge in [-0.25, -0.2) is 0 Å². The minimum Gasteiger partial charge on any atom is -0.369 e. The topological polar surface area (TPSA) is 72.0 Å². The van der Waals surface area contributed by atoms with Gasteiger partial charge < -0.3 is 15.9 Å². The summed E-state index contributed by atoms with van der Waals surface area (Å²) in [4.78, 5) is 6.96. The number of nitrogens with one attached hydrogen (secondary N) is 1. The lowest BCUT2D eigenvalue weighted by Gasteiger charge is -2.46. The second-order valence-electron chi connectivity index (χ2n) is 6.48. The zero-order valence-corrected chi connectivity index (χ0v) is 14.9. The van der Waals surface area contributed by atoms with Gasteiger partial charge in [0, 0.05) is 35.5 Å². The summed E-state index contributed by atoms with van der Waals surface area (Å²) in [6.07, 6.45) is 5.70. The van der Waals surface area contributed by atoms with Crippen LogP contribution in [0.2, 0.25) is 0 Å². The zero-order chi connectivity index (χ0) is 16.4. The Labute approximate surface area is 142 Å². The summed E-state index contributed by atoms with van der Waals surface area (Å²) in [5.74, 6) is 5.59. The SMILES string of the molecule is CCc1cc2c(s1)[C@]1(C[C@@H](C(C=NC)=NN)N[C@@H](C)C1)OCC2. The normalized spacial score (nSPS) is 31.7. The maximum absolute atomic E-state index is 6.39. The number of nitrogens with two attached hydrogens (primary N) is 1. The monoisotopic (exact) mass is 334 g/mol. The van der Waals surface area contributed by atoms with Crippen LogP contribution in [0.25, 0.3) is 0 Å². The Morgan fingerprint density at radius 2 is 2.39 bits per heavy atom. The minimum absolute atomic E-state index is 0.0746. The summed E-state index contributed by atoms with van der Waals surface area (Å²) in [5, 5.41) is 7.54. The van der Waals surface area contributed by atoms with E-state index in [1.165, 1.54) is 15.3 Å². The van der Waals surface area contributed by atoms with Gasteiger partial charge in [0.1, 0.15) is 5.60 Å². The van der Waals surface area contributed by atoms with E-state index >= 15 is 0 Å². The van der Waals surface area contributed by atoms with Crippen LogP contribution in [-0.2, 0) is 23.2 Å². The van der Waals surface area contributed by atoms with Crippen molar-refractivity contribution >= 4 is 23.3 Å². The van der Waals surface area contributed by atoms with Gasteiger partial charge in [0.15, 0.2) is 0 Å². The Bertz CT molecular complexity index is 624. The molecule has 1 aromatic heterocycles. The van der Waals surface area contributed by atoms with Crippen LogP contribution in [0.5, 0.6) is 0 Å². The maximum atomic E-state index is 6.39. The number of rotatable bonds is 3.